The van der Waals surface area contributed by atoms with Crippen LogP contribution < -0.4 is 28.4 Å². The van der Waals surface area contributed by atoms with Crippen LogP contribution in [0.2, 0.25) is 5.02 Å². The van der Waals surface area contributed by atoms with Crippen molar-refractivity contribution in [2.45, 2.75) is 73.1 Å². The molecule has 110 heavy (non-hydrogen) atoms. The van der Waals surface area contributed by atoms with Gasteiger partial charge in [0.2, 0.25) is 17.3 Å². The number of halogens is 2. The first-order chi connectivity index (χ1) is 53.3. The monoisotopic (exact) mass is 1560 g/mol. The Balaban J connectivity index is 0.000000145. The zero-order valence-electron chi connectivity index (χ0n) is 62.1. The number of aryl methyl sites for hydroxylation is 2. The number of ether oxygens (including phenoxy) is 6. The Bertz CT molecular complexity index is 5180. The number of ketones is 3. The third kappa shape index (κ3) is 19.2. The van der Waals surface area contributed by atoms with E-state index in [2.05, 4.69) is 35.5 Å². The number of nitrogens with zero attached hydrogens (tertiary/aromatic N) is 3. The maximum Gasteiger partial charge on any atom is 0.208 e. The number of likely N-dealkylation sites (tertiary alicyclic amines) is 3. The lowest BCUT2D eigenvalue weighted by atomic mass is 10.0. The number of hydrogen-bond acceptors (Lipinski definition) is 19. The van der Waals surface area contributed by atoms with Crippen molar-refractivity contribution >= 4 is 93.2 Å². The molecular weight excluding hydrogens is 1470 g/mol. The Hall–Kier alpha value is -10.0. The highest BCUT2D eigenvalue weighted by Crippen LogP contribution is 2.47. The van der Waals surface area contributed by atoms with Gasteiger partial charge in [-0.3, -0.25) is 29.1 Å². The third-order valence-corrected chi connectivity index (χ3v) is 24.2. The molecule has 3 aliphatic heterocycles. The number of hydrogen-bond donors (Lipinski definition) is 4. The van der Waals surface area contributed by atoms with Crippen molar-refractivity contribution in [1.29, 1.82) is 0 Å². The zero-order valence-corrected chi connectivity index (χ0v) is 65.3. The van der Waals surface area contributed by atoms with E-state index >= 15 is 0 Å². The van der Waals surface area contributed by atoms with Gasteiger partial charge in [0.1, 0.15) is 97.8 Å². The number of rotatable bonds is 27. The normalized spacial score (nSPS) is 15.8. The minimum Gasteiger partial charge on any atom is -0.508 e. The molecule has 0 saturated carbocycles. The van der Waals surface area contributed by atoms with Crippen LogP contribution in [0.1, 0.15) is 116 Å². The van der Waals surface area contributed by atoms with Gasteiger partial charge in [0.15, 0.2) is 17.2 Å². The summed E-state index contributed by atoms with van der Waals surface area (Å²) in [6.45, 7) is 21.9. The fourth-order valence-corrected chi connectivity index (χ4v) is 17.8. The average Bonchev–Trinajstić information content (AvgIpc) is 1.64. The minimum absolute atomic E-state index is 0.0411. The molecular formula is C89H89ClFN3O13S3. The highest BCUT2D eigenvalue weighted by molar-refractivity contribution is 7.22. The van der Waals surface area contributed by atoms with E-state index in [0.717, 1.165) is 119 Å². The highest BCUT2D eigenvalue weighted by Gasteiger charge is 2.29. The second kappa shape index (κ2) is 36.2. The Morgan fingerprint density at radius 1 is 0.427 bits per heavy atom. The second-order valence-electron chi connectivity index (χ2n) is 28.1. The Kier molecular flexibility index (Phi) is 25.7. The summed E-state index contributed by atoms with van der Waals surface area (Å²) in [5, 5.41) is 41.8. The molecule has 16 nitrogen and oxygen atoms in total. The first kappa shape index (κ1) is 78.1. The van der Waals surface area contributed by atoms with Gasteiger partial charge < -0.3 is 48.8 Å². The number of phenolic OH excluding ortho intramolecular Hbond substituents is 4. The lowest BCUT2D eigenvalue weighted by molar-refractivity contribution is 0.103. The Labute approximate surface area is 657 Å². The van der Waals surface area contributed by atoms with Crippen LogP contribution in [0.25, 0.3) is 30.3 Å². The molecule has 12 aromatic rings. The highest BCUT2D eigenvalue weighted by atomic mass is 35.5. The summed E-state index contributed by atoms with van der Waals surface area (Å²) in [7, 11) is 0. The van der Waals surface area contributed by atoms with Gasteiger partial charge in [-0.1, -0.05) is 75.9 Å². The molecule has 0 radical (unpaired) electrons. The zero-order chi connectivity index (χ0) is 77.0. The van der Waals surface area contributed by atoms with E-state index in [0.29, 0.717) is 95.7 Å². The molecule has 9 aromatic carbocycles. The molecule has 3 aromatic heterocycles. The lowest BCUT2D eigenvalue weighted by Crippen LogP contribution is -2.26. The SMILES string of the molecule is CC[C@@H]1CCN(CCOc2ccc(Oc3c(C(=O)c4c(C)cc(F)cc4Cl)sc4cc(O)ccc34)cc2)C1.CC[C@@H]1CCN(CCOc2ccc(Oc3c(C(=O)c4ccccc4C)sc4cc(O)ccc34)cc2)C1.CC[C@H]1CCN(CCOc2ccc(Oc3c(C(=O)c4ccc(O)cc4)sc4cc(O)ccc34)cc2)C1. The van der Waals surface area contributed by atoms with Crippen LogP contribution in [0.4, 0.5) is 4.39 Å². The van der Waals surface area contributed by atoms with Gasteiger partial charge in [-0.05, 0) is 245 Å². The van der Waals surface area contributed by atoms with Crippen LogP contribution in [0.5, 0.6) is 74.7 Å². The number of aromatic hydroxyl groups is 4. The van der Waals surface area contributed by atoms with Crippen molar-refractivity contribution in [3.8, 4) is 74.7 Å². The average molecular weight is 1560 g/mol. The molecule has 0 aliphatic carbocycles. The fraction of sp³-hybridized carbons (Fsp3) is 0.292. The largest absolute Gasteiger partial charge is 0.508 e. The van der Waals surface area contributed by atoms with E-state index in [9.17, 15) is 39.2 Å². The van der Waals surface area contributed by atoms with Crippen molar-refractivity contribution in [2.24, 2.45) is 17.8 Å². The molecule has 15 rings (SSSR count). The number of carbonyl (C=O) groups excluding carboxylic acids is 3. The molecule has 570 valence electrons. The number of carbonyl (C=O) groups is 3. The summed E-state index contributed by atoms with van der Waals surface area (Å²) in [4.78, 5) is 49.1. The number of fused-ring (bicyclic) bond motifs is 3. The van der Waals surface area contributed by atoms with Gasteiger partial charge in [-0.2, -0.15) is 0 Å². The standard InChI is InChI=1S/C30H29ClFNO4S.C30H31NO4S.C29H29NO5S/c1-3-19-10-11-33(17-19)12-13-36-22-5-7-23(8-6-22)37-29-24-9-4-21(34)16-26(24)38-30(29)28(35)27-18(2)14-20(32)15-25(27)31;1-3-21-14-15-31(19-21)16-17-34-23-9-11-24(12-10-23)35-29-26-13-8-22(32)18-27(26)36-30(29)28(33)25-7-5-4-6-20(25)2;1-2-19-13-14-30(18-19)15-16-34-23-8-10-24(11-9-23)35-28-25-12-7-22(32)17-26(25)36-29(28)27(33)20-3-5-21(31)6-4-20/h4-9,14-16,19,34H,3,10-13,17H2,1-2H3;4-13,18,21,32H,3,14-17,19H2,1-2H3;3-12,17,19,31-32H,2,13-16,18H2,1H3/t19-;21-;19-/m110/s1. The van der Waals surface area contributed by atoms with E-state index in [4.69, 9.17) is 40.0 Å². The molecule has 3 fully saturated rings. The van der Waals surface area contributed by atoms with Crippen molar-refractivity contribution in [3.05, 3.63) is 241 Å². The lowest BCUT2D eigenvalue weighted by Gasteiger charge is -2.16. The minimum atomic E-state index is -0.505. The van der Waals surface area contributed by atoms with Crippen LogP contribution in [0.3, 0.4) is 0 Å². The van der Waals surface area contributed by atoms with E-state index in [-0.39, 0.29) is 50.9 Å². The van der Waals surface area contributed by atoms with Crippen LogP contribution in [0, 0.1) is 37.4 Å². The van der Waals surface area contributed by atoms with Crippen LogP contribution in [-0.2, 0) is 0 Å². The Morgan fingerprint density at radius 3 is 1.15 bits per heavy atom. The number of thiophene rings is 3. The van der Waals surface area contributed by atoms with E-state index < -0.39 is 5.82 Å². The maximum atomic E-state index is 13.8. The van der Waals surface area contributed by atoms with Crippen molar-refractivity contribution in [1.82, 2.24) is 14.7 Å². The first-order valence-electron chi connectivity index (χ1n) is 37.4. The van der Waals surface area contributed by atoms with Crippen molar-refractivity contribution < 1.29 is 67.6 Å². The summed E-state index contributed by atoms with van der Waals surface area (Å²) in [6, 6.07) is 53.2. The molecule has 0 amide bonds. The van der Waals surface area contributed by atoms with Crippen molar-refractivity contribution in [2.75, 3.05) is 78.7 Å². The molecule has 21 heteroatoms. The van der Waals surface area contributed by atoms with Gasteiger partial charge in [0.05, 0.1) is 5.02 Å². The van der Waals surface area contributed by atoms with Crippen LogP contribution in [0.15, 0.2) is 188 Å². The molecule has 0 spiro atoms. The molecule has 4 N–H and O–H groups in total. The molecule has 6 heterocycles. The molecule has 0 unspecified atom stereocenters. The second-order valence-corrected chi connectivity index (χ2v) is 31.7. The molecule has 3 aliphatic rings. The van der Waals surface area contributed by atoms with Crippen LogP contribution >= 0.6 is 45.6 Å². The van der Waals surface area contributed by atoms with E-state index in [1.165, 1.54) is 97.3 Å². The third-order valence-electron chi connectivity index (χ3n) is 20.5. The number of benzene rings is 9. The Morgan fingerprint density at radius 2 is 0.782 bits per heavy atom. The van der Waals surface area contributed by atoms with Crippen molar-refractivity contribution in [3.63, 3.8) is 0 Å². The van der Waals surface area contributed by atoms with Crippen LogP contribution in [-0.4, -0.2) is 131 Å². The molecule has 0 bridgehead atoms. The van der Waals surface area contributed by atoms with E-state index in [1.54, 1.807) is 85.8 Å². The van der Waals surface area contributed by atoms with Gasteiger partial charge >= 0.3 is 0 Å². The molecule has 3 atom stereocenters. The summed E-state index contributed by atoms with van der Waals surface area (Å²) in [6.07, 6.45) is 7.53. The summed E-state index contributed by atoms with van der Waals surface area (Å²) < 4.78 is 52.7. The summed E-state index contributed by atoms with van der Waals surface area (Å²) in [5.41, 5.74) is 2.66. The predicted molar refractivity (Wildman–Crippen MR) is 437 cm³/mol. The maximum absolute atomic E-state index is 13.8. The van der Waals surface area contributed by atoms with Gasteiger partial charge in [-0.15, -0.1) is 34.0 Å². The van der Waals surface area contributed by atoms with Gasteiger partial charge in [-0.25, -0.2) is 4.39 Å². The topological polar surface area (TPSA) is 197 Å². The summed E-state index contributed by atoms with van der Waals surface area (Å²) in [5.74, 6) is 7.09. The summed E-state index contributed by atoms with van der Waals surface area (Å²) >= 11 is 10.1. The molecule has 3 saturated heterocycles. The van der Waals surface area contributed by atoms with Gasteiger partial charge in [0, 0.05) is 86.2 Å². The number of phenols is 4. The quantitative estimate of drug-likeness (QED) is 0.0354. The van der Waals surface area contributed by atoms with E-state index in [1.807, 2.05) is 91.9 Å². The fourth-order valence-electron chi connectivity index (χ4n) is 14.1. The smallest absolute Gasteiger partial charge is 0.208 e. The first-order valence-corrected chi connectivity index (χ1v) is 40.3. The predicted octanol–water partition coefficient (Wildman–Crippen LogP) is 21.3. The van der Waals surface area contributed by atoms with Gasteiger partial charge in [0.25, 0.3) is 0 Å².